The number of amides is 4. The number of hydrogen-bond acceptors (Lipinski definition) is 8. The number of hydrogen-bond donors (Lipinski definition) is 2. The van der Waals surface area contributed by atoms with Gasteiger partial charge in [-0.1, -0.05) is 0 Å². The molecule has 1 aromatic carbocycles. The number of ether oxygens (including phenoxy) is 2. The molecule has 40 heavy (non-hydrogen) atoms. The lowest BCUT2D eigenvalue weighted by Gasteiger charge is -2.37. The third-order valence-electron chi connectivity index (χ3n) is 6.49. The smallest absolute Gasteiger partial charge is 0.414 e. The predicted octanol–water partition coefficient (Wildman–Crippen LogP) is 1.90. The molecule has 3 heterocycles. The first-order chi connectivity index (χ1) is 19.2. The van der Waals surface area contributed by atoms with E-state index in [1.54, 1.807) is 26.0 Å². The number of benzene rings is 1. The predicted molar refractivity (Wildman–Crippen MR) is 139 cm³/mol. The first-order valence-electron chi connectivity index (χ1n) is 12.8. The second kappa shape index (κ2) is 12.6. The van der Waals surface area contributed by atoms with Crippen molar-refractivity contribution in [2.45, 2.75) is 26.0 Å². The van der Waals surface area contributed by atoms with Crippen molar-refractivity contribution >= 4 is 35.4 Å². The van der Waals surface area contributed by atoms with Crippen LogP contribution in [-0.4, -0.2) is 91.9 Å². The maximum Gasteiger partial charge on any atom is 0.414 e. The van der Waals surface area contributed by atoms with Crippen LogP contribution in [-0.2, 0) is 14.3 Å². The molecule has 1 aromatic heterocycles. The summed E-state index contributed by atoms with van der Waals surface area (Å²) >= 11 is 0. The van der Waals surface area contributed by atoms with Gasteiger partial charge in [-0.2, -0.15) is 0 Å². The molecule has 4 rings (SSSR count). The minimum Gasteiger partial charge on any atom is -0.450 e. The largest absolute Gasteiger partial charge is 0.450 e. The average molecular weight is 561 g/mol. The summed E-state index contributed by atoms with van der Waals surface area (Å²) < 4.78 is 40.2. The van der Waals surface area contributed by atoms with Gasteiger partial charge in [-0.05, 0) is 26.0 Å². The van der Waals surface area contributed by atoms with E-state index >= 15 is 8.78 Å². The third kappa shape index (κ3) is 6.55. The van der Waals surface area contributed by atoms with Gasteiger partial charge in [-0.3, -0.25) is 19.5 Å². The number of carbonyl (C=O) groups is 4. The number of aromatic nitrogens is 1. The topological polar surface area (TPSA) is 133 Å². The van der Waals surface area contributed by atoms with Gasteiger partial charge in [0.1, 0.15) is 17.8 Å². The van der Waals surface area contributed by atoms with E-state index in [1.807, 2.05) is 0 Å². The molecule has 0 unspecified atom stereocenters. The summed E-state index contributed by atoms with van der Waals surface area (Å²) in [7, 11) is 0. The molecular weight excluding hydrogens is 530 g/mol. The normalized spacial score (nSPS) is 17.8. The van der Waals surface area contributed by atoms with Crippen molar-refractivity contribution in [3.8, 4) is 0 Å². The highest BCUT2D eigenvalue weighted by molar-refractivity contribution is 5.97. The zero-order valence-corrected chi connectivity index (χ0v) is 22.1. The number of nitrogens with zero attached hydrogens (tertiary/aromatic N) is 4. The van der Waals surface area contributed by atoms with Gasteiger partial charge in [0.25, 0.3) is 5.91 Å². The Bertz CT molecular complexity index is 1230. The van der Waals surface area contributed by atoms with Crippen LogP contribution in [0, 0.1) is 11.6 Å². The summed E-state index contributed by atoms with van der Waals surface area (Å²) in [6, 6.07) is 4.50. The van der Waals surface area contributed by atoms with E-state index in [1.165, 1.54) is 22.2 Å². The van der Waals surface area contributed by atoms with Crippen LogP contribution in [0.15, 0.2) is 36.7 Å². The zero-order valence-electron chi connectivity index (χ0n) is 22.1. The Hall–Kier alpha value is -4.49. The summed E-state index contributed by atoms with van der Waals surface area (Å²) in [5.41, 5.74) is 0.0451. The molecule has 2 aromatic rings. The Morgan fingerprint density at radius 2 is 1.88 bits per heavy atom. The van der Waals surface area contributed by atoms with Crippen LogP contribution in [0.1, 0.15) is 24.2 Å². The highest BCUT2D eigenvalue weighted by Crippen LogP contribution is 2.31. The number of pyridine rings is 1. The maximum atomic E-state index is 15.1. The minimum absolute atomic E-state index is 0.0141. The van der Waals surface area contributed by atoms with Gasteiger partial charge in [0.05, 0.1) is 30.9 Å². The number of piperazine rings is 1. The van der Waals surface area contributed by atoms with Crippen molar-refractivity contribution in [1.29, 1.82) is 0 Å². The molecule has 2 atom stereocenters. The Labute approximate surface area is 229 Å². The Balaban J connectivity index is 1.33. The first-order valence-corrected chi connectivity index (χ1v) is 12.8. The van der Waals surface area contributed by atoms with Crippen molar-refractivity contribution in [3.05, 3.63) is 53.9 Å². The van der Waals surface area contributed by atoms with Gasteiger partial charge in [0.15, 0.2) is 11.6 Å². The van der Waals surface area contributed by atoms with Gasteiger partial charge in [0, 0.05) is 50.7 Å². The average Bonchev–Trinajstić information content (AvgIpc) is 3.32. The number of alkyl carbamates (subject to hydrolysis) is 1. The SMILES string of the molecule is CCOC(=O)NC[C@H]1CN(c2cc(F)c(N3CCN(C(=O)[C@@H](C)NC(=O)c4cccnc4)CC3)c(F)c2)C(=O)O1. The van der Waals surface area contributed by atoms with Crippen molar-refractivity contribution in [1.82, 2.24) is 20.5 Å². The van der Waals surface area contributed by atoms with Crippen LogP contribution < -0.4 is 20.4 Å². The summed E-state index contributed by atoms with van der Waals surface area (Å²) in [4.78, 5) is 57.0. The molecule has 4 amide bonds. The monoisotopic (exact) mass is 560 g/mol. The van der Waals surface area contributed by atoms with Gasteiger partial charge in [0.2, 0.25) is 5.91 Å². The van der Waals surface area contributed by atoms with Crippen molar-refractivity contribution in [2.75, 3.05) is 55.7 Å². The molecular formula is C26H30F2N6O6. The van der Waals surface area contributed by atoms with Crippen LogP contribution in [0.5, 0.6) is 0 Å². The van der Waals surface area contributed by atoms with Crippen molar-refractivity contribution in [3.63, 3.8) is 0 Å². The minimum atomic E-state index is -0.868. The molecule has 2 N–H and O–H groups in total. The molecule has 14 heteroatoms. The van der Waals surface area contributed by atoms with Crippen LogP contribution >= 0.6 is 0 Å². The quantitative estimate of drug-likeness (QED) is 0.500. The lowest BCUT2D eigenvalue weighted by molar-refractivity contribution is -0.133. The third-order valence-corrected chi connectivity index (χ3v) is 6.49. The molecule has 2 saturated heterocycles. The van der Waals surface area contributed by atoms with Crippen LogP contribution in [0.3, 0.4) is 0 Å². The Kier molecular flexibility index (Phi) is 8.97. The Morgan fingerprint density at radius 1 is 1.18 bits per heavy atom. The number of rotatable bonds is 8. The van der Waals surface area contributed by atoms with Gasteiger partial charge < -0.3 is 29.9 Å². The second-order valence-corrected chi connectivity index (χ2v) is 9.22. The van der Waals surface area contributed by atoms with Gasteiger partial charge in [-0.25, -0.2) is 18.4 Å². The number of cyclic esters (lactones) is 1. The van der Waals surface area contributed by atoms with Crippen LogP contribution in [0.2, 0.25) is 0 Å². The van der Waals surface area contributed by atoms with E-state index in [2.05, 4.69) is 15.6 Å². The standard InChI is InChI=1S/C26H30F2N6O6/c1-3-39-25(37)30-14-19-15-34(26(38)40-19)18-11-20(27)22(21(28)12-18)32-7-9-33(10-8-32)24(36)16(2)31-23(35)17-5-4-6-29-13-17/h4-6,11-13,16,19H,3,7-10,14-15H2,1-2H3,(H,30,37)(H,31,35)/t16-,19+/m1/s1. The molecule has 2 fully saturated rings. The highest BCUT2D eigenvalue weighted by Gasteiger charge is 2.34. The number of halogens is 2. The van der Waals surface area contributed by atoms with Crippen LogP contribution in [0.4, 0.5) is 29.7 Å². The summed E-state index contributed by atoms with van der Waals surface area (Å²) in [6.45, 7) is 4.09. The summed E-state index contributed by atoms with van der Waals surface area (Å²) in [5, 5.41) is 5.10. The van der Waals surface area contributed by atoms with Gasteiger partial charge in [-0.15, -0.1) is 0 Å². The van der Waals surface area contributed by atoms with E-state index in [-0.39, 0.29) is 63.2 Å². The fraction of sp³-hybridized carbons (Fsp3) is 0.423. The molecule has 2 aliphatic rings. The van der Waals surface area contributed by atoms with E-state index in [4.69, 9.17) is 9.47 Å². The highest BCUT2D eigenvalue weighted by atomic mass is 19.1. The number of nitrogens with one attached hydrogen (secondary N) is 2. The molecule has 0 bridgehead atoms. The number of anilines is 2. The van der Waals surface area contributed by atoms with Crippen LogP contribution in [0.25, 0.3) is 0 Å². The van der Waals surface area contributed by atoms with E-state index in [0.717, 1.165) is 17.0 Å². The summed E-state index contributed by atoms with van der Waals surface area (Å²) in [5.74, 6) is -2.48. The molecule has 0 radical (unpaired) electrons. The lowest BCUT2D eigenvalue weighted by Crippen LogP contribution is -2.54. The van der Waals surface area contributed by atoms with Gasteiger partial charge >= 0.3 is 12.2 Å². The second-order valence-electron chi connectivity index (χ2n) is 9.22. The molecule has 12 nitrogen and oxygen atoms in total. The fourth-order valence-corrected chi connectivity index (χ4v) is 4.49. The molecule has 214 valence electrons. The molecule has 0 aliphatic carbocycles. The maximum absolute atomic E-state index is 15.1. The van der Waals surface area contributed by atoms with E-state index < -0.39 is 41.9 Å². The fourth-order valence-electron chi connectivity index (χ4n) is 4.49. The van der Waals surface area contributed by atoms with Crippen molar-refractivity contribution < 1.29 is 37.4 Å². The zero-order chi connectivity index (χ0) is 28.8. The Morgan fingerprint density at radius 3 is 2.50 bits per heavy atom. The molecule has 2 aliphatic heterocycles. The van der Waals surface area contributed by atoms with E-state index in [9.17, 15) is 19.2 Å². The van der Waals surface area contributed by atoms with E-state index in [0.29, 0.717) is 5.56 Å². The first kappa shape index (κ1) is 28.5. The molecule has 0 saturated carbocycles. The molecule has 0 spiro atoms. The summed E-state index contributed by atoms with van der Waals surface area (Å²) in [6.07, 6.45) is 0.760. The van der Waals surface area contributed by atoms with Crippen molar-refractivity contribution in [2.24, 2.45) is 0 Å². The number of carbonyl (C=O) groups excluding carboxylic acids is 4. The lowest BCUT2D eigenvalue weighted by atomic mass is 10.1.